The Balaban J connectivity index is 0.000000351. The summed E-state index contributed by atoms with van der Waals surface area (Å²) in [4.78, 5) is 0. The molecular weight excluding hydrogens is 472 g/mol. The van der Waals surface area contributed by atoms with Crippen molar-refractivity contribution in [2.75, 3.05) is 14.2 Å². The first-order chi connectivity index (χ1) is 10.8. The molecule has 0 fully saturated rings. The molecule has 0 aliphatic rings. The van der Waals surface area contributed by atoms with Crippen molar-refractivity contribution in [3.8, 4) is 11.5 Å². The Morgan fingerprint density at radius 3 is 1.25 bits per heavy atom. The van der Waals surface area contributed by atoms with Gasteiger partial charge in [-0.05, 0) is 24.3 Å². The van der Waals surface area contributed by atoms with Crippen molar-refractivity contribution in [2.45, 2.75) is 0 Å². The van der Waals surface area contributed by atoms with Crippen molar-refractivity contribution in [3.05, 3.63) is 55.7 Å². The number of hydrogen-bond donors (Lipinski definition) is 0. The predicted octanol–water partition coefficient (Wildman–Crippen LogP) is 3.21. The van der Waals surface area contributed by atoms with E-state index in [2.05, 4.69) is 12.1 Å². The Morgan fingerprint density at radius 1 is 0.667 bits per heavy atom. The van der Waals surface area contributed by atoms with Crippen molar-refractivity contribution < 1.29 is 55.9 Å². The Hall–Kier alpha value is -1.22. The second kappa shape index (κ2) is 6.95. The quantitative estimate of drug-likeness (QED) is 0.376. The molecule has 0 bridgehead atoms. The van der Waals surface area contributed by atoms with Crippen LogP contribution >= 0.6 is 7.81 Å². The Kier molecular flexibility index (Phi) is 6.03. The molecule has 2 aromatic carbocycles. The molecule has 0 saturated carbocycles. The van der Waals surface area contributed by atoms with Crippen LogP contribution in [-0.4, -0.2) is 14.2 Å². The van der Waals surface area contributed by atoms with Gasteiger partial charge >= 0.3 is 54.2 Å². The molecule has 0 atom stereocenters. The predicted molar refractivity (Wildman–Crippen MR) is 77.0 cm³/mol. The summed E-state index contributed by atoms with van der Waals surface area (Å²) in [5.41, 5.74) is 0. The van der Waals surface area contributed by atoms with E-state index in [1.807, 2.05) is 36.4 Å². The van der Waals surface area contributed by atoms with Gasteiger partial charge in [0.15, 0.2) is 11.5 Å². The number of para-hydroxylation sites is 2. The van der Waals surface area contributed by atoms with Crippen LogP contribution in [0.2, 0.25) is 0 Å². The first-order valence-corrected chi connectivity index (χ1v) is 10.5. The molecule has 0 unspecified atom stereocenters. The fourth-order valence-corrected chi connectivity index (χ4v) is 4.22. The van der Waals surface area contributed by atoms with Crippen molar-refractivity contribution in [3.63, 3.8) is 0 Å². The summed E-state index contributed by atoms with van der Waals surface area (Å²) >= 11 is -0.277. The first-order valence-electron chi connectivity index (χ1n) is 6.27. The van der Waals surface area contributed by atoms with E-state index in [0.29, 0.717) is 0 Å². The topological polar surface area (TPSA) is 18.5 Å². The molecule has 0 N–H and O–H groups in total. The van der Waals surface area contributed by atoms with Crippen LogP contribution in [0.15, 0.2) is 48.5 Å². The standard InChI is InChI=1S/C14H14IO2.F6P/c1-16-13-9-5-3-7-11(13)15-12-8-4-6-10-14(12)17-2;1-7(2,3,4,5)6/h3-10H,1-2H3;/q+1;-1. The third-order valence-electron chi connectivity index (χ3n) is 2.32. The molecule has 2 rings (SSSR count). The van der Waals surface area contributed by atoms with Gasteiger partial charge in [0.1, 0.15) is 0 Å². The summed E-state index contributed by atoms with van der Waals surface area (Å²) in [5.74, 6) is 1.93. The van der Waals surface area contributed by atoms with Crippen molar-refractivity contribution in [1.29, 1.82) is 0 Å². The second-order valence-electron chi connectivity index (χ2n) is 4.32. The minimum atomic E-state index is -10.7. The number of halogens is 7. The van der Waals surface area contributed by atoms with Crippen molar-refractivity contribution in [1.82, 2.24) is 0 Å². The summed E-state index contributed by atoms with van der Waals surface area (Å²) in [7, 11) is -7.23. The monoisotopic (exact) mass is 486 g/mol. The van der Waals surface area contributed by atoms with Crippen LogP contribution in [0.5, 0.6) is 11.5 Å². The first kappa shape index (κ1) is 20.8. The molecule has 0 aromatic heterocycles. The molecule has 136 valence electrons. The van der Waals surface area contributed by atoms with Gasteiger partial charge in [0.05, 0.1) is 14.2 Å². The summed E-state index contributed by atoms with van der Waals surface area (Å²) in [5, 5.41) is 0. The van der Waals surface area contributed by atoms with Gasteiger partial charge in [0.25, 0.3) is 0 Å². The summed E-state index contributed by atoms with van der Waals surface area (Å²) < 4.78 is 72.5. The minimum absolute atomic E-state index is 0.277. The molecule has 2 nitrogen and oxygen atoms in total. The number of hydrogen-bond acceptors (Lipinski definition) is 2. The van der Waals surface area contributed by atoms with Crippen LogP contribution in [0.1, 0.15) is 0 Å². The fourth-order valence-electron chi connectivity index (χ4n) is 1.49. The number of methoxy groups -OCH3 is 2. The molecule has 24 heavy (non-hydrogen) atoms. The van der Waals surface area contributed by atoms with Gasteiger partial charge in [0.2, 0.25) is 7.14 Å². The van der Waals surface area contributed by atoms with E-state index in [1.165, 1.54) is 7.14 Å². The Morgan fingerprint density at radius 2 is 0.958 bits per heavy atom. The van der Waals surface area contributed by atoms with Crippen LogP contribution in [0, 0.1) is 7.14 Å². The van der Waals surface area contributed by atoms with Gasteiger partial charge in [0, 0.05) is 0 Å². The molecule has 0 amide bonds. The van der Waals surface area contributed by atoms with Crippen LogP contribution < -0.4 is 30.7 Å². The summed E-state index contributed by atoms with van der Waals surface area (Å²) in [6.45, 7) is 0. The van der Waals surface area contributed by atoms with Gasteiger partial charge in [-0.2, -0.15) is 0 Å². The molecule has 10 heteroatoms. The molecular formula is C14H14F6IO2P. The van der Waals surface area contributed by atoms with E-state index < -0.39 is 7.81 Å². The zero-order valence-electron chi connectivity index (χ0n) is 12.5. The van der Waals surface area contributed by atoms with E-state index >= 15 is 0 Å². The third-order valence-corrected chi connectivity index (χ3v) is 5.26. The number of ether oxygens (including phenoxy) is 2. The molecule has 0 aliphatic heterocycles. The van der Waals surface area contributed by atoms with E-state index in [4.69, 9.17) is 9.47 Å². The van der Waals surface area contributed by atoms with Crippen LogP contribution in [0.3, 0.4) is 0 Å². The van der Waals surface area contributed by atoms with Gasteiger partial charge in [-0.3, -0.25) is 0 Å². The molecule has 2 aromatic rings. The third kappa shape index (κ3) is 9.82. The maximum absolute atomic E-state index is 10.7. The molecule has 0 heterocycles. The SMILES string of the molecule is COc1ccccc1[I+]c1ccccc1OC.F[P-](F)(F)(F)(F)F. The van der Waals surface area contributed by atoms with Gasteiger partial charge in [-0.1, -0.05) is 24.3 Å². The van der Waals surface area contributed by atoms with Crippen molar-refractivity contribution in [2.24, 2.45) is 0 Å². The molecule has 0 spiro atoms. The number of benzene rings is 2. The van der Waals surface area contributed by atoms with E-state index in [0.717, 1.165) is 11.5 Å². The molecule has 0 radical (unpaired) electrons. The van der Waals surface area contributed by atoms with Gasteiger partial charge in [-0.25, -0.2) is 0 Å². The Labute approximate surface area is 145 Å². The van der Waals surface area contributed by atoms with Crippen LogP contribution in [-0.2, 0) is 0 Å². The van der Waals surface area contributed by atoms with E-state index in [9.17, 15) is 25.2 Å². The van der Waals surface area contributed by atoms with Gasteiger partial charge in [-0.15, -0.1) is 0 Å². The summed E-state index contributed by atoms with van der Waals surface area (Å²) in [6, 6.07) is 16.3. The molecule has 0 saturated heterocycles. The zero-order chi connectivity index (χ0) is 18.5. The number of rotatable bonds is 4. The van der Waals surface area contributed by atoms with Crippen molar-refractivity contribution >= 4 is 7.81 Å². The second-order valence-corrected chi connectivity index (χ2v) is 9.10. The Bertz CT molecular complexity index is 634. The maximum atomic E-state index is 9.87. The average molecular weight is 486 g/mol. The van der Waals surface area contributed by atoms with Crippen LogP contribution in [0.4, 0.5) is 25.2 Å². The molecule has 0 aliphatic carbocycles. The van der Waals surface area contributed by atoms with E-state index in [-0.39, 0.29) is 21.2 Å². The van der Waals surface area contributed by atoms with E-state index in [1.54, 1.807) is 14.2 Å². The normalized spacial score (nSPS) is 13.8. The zero-order valence-corrected chi connectivity index (χ0v) is 15.6. The fraction of sp³-hybridized carbons (Fsp3) is 0.143. The summed E-state index contributed by atoms with van der Waals surface area (Å²) in [6.07, 6.45) is 0. The van der Waals surface area contributed by atoms with Gasteiger partial charge < -0.3 is 9.47 Å². The van der Waals surface area contributed by atoms with Crippen LogP contribution in [0.25, 0.3) is 0 Å². The average Bonchev–Trinajstić information content (AvgIpc) is 2.45.